The van der Waals surface area contributed by atoms with Crippen molar-refractivity contribution >= 4 is 23.2 Å². The Kier molecular flexibility index (Phi) is 3.51. The van der Waals surface area contributed by atoms with E-state index in [-0.39, 0.29) is 0 Å². The molecule has 78 valence electrons. The lowest BCUT2D eigenvalue weighted by Crippen LogP contribution is -1.77. The maximum atomic E-state index is 5.99. The highest BCUT2D eigenvalue weighted by atomic mass is 35.5. The van der Waals surface area contributed by atoms with Crippen LogP contribution >= 0.6 is 23.2 Å². The average Bonchev–Trinajstić information content (AvgIpc) is 2.28. The van der Waals surface area contributed by atoms with Crippen molar-refractivity contribution in [1.29, 1.82) is 0 Å². The van der Waals surface area contributed by atoms with Crippen molar-refractivity contribution in [2.75, 3.05) is 0 Å². The van der Waals surface area contributed by atoms with Gasteiger partial charge in [0.25, 0.3) is 0 Å². The highest BCUT2D eigenvalue weighted by Gasteiger charge is 1.93. The number of rotatable bonds is 0. The Morgan fingerprint density at radius 2 is 1.62 bits per heavy atom. The number of hydrogen-bond donors (Lipinski definition) is 0. The zero-order chi connectivity index (χ0) is 11.4. The molecule has 2 heteroatoms. The van der Waals surface area contributed by atoms with E-state index in [4.69, 9.17) is 23.2 Å². The van der Waals surface area contributed by atoms with Gasteiger partial charge < -0.3 is 0 Å². The quantitative estimate of drug-likeness (QED) is 0.605. The molecule has 0 spiro atoms. The monoisotopic (exact) mass is 246 g/mol. The summed E-state index contributed by atoms with van der Waals surface area (Å²) in [4.78, 5) is 0. The zero-order valence-electron chi connectivity index (χ0n) is 8.37. The Hall–Kier alpha value is -1.42. The minimum atomic E-state index is 0.664. The van der Waals surface area contributed by atoms with Crippen LogP contribution in [0.25, 0.3) is 0 Å². The van der Waals surface area contributed by atoms with Crippen LogP contribution in [0.5, 0.6) is 0 Å². The van der Waals surface area contributed by atoms with Crippen LogP contribution < -0.4 is 0 Å². The van der Waals surface area contributed by atoms with Crippen LogP contribution in [0.15, 0.2) is 48.5 Å². The van der Waals surface area contributed by atoms with E-state index < -0.39 is 0 Å². The van der Waals surface area contributed by atoms with Crippen molar-refractivity contribution < 1.29 is 0 Å². The summed E-state index contributed by atoms with van der Waals surface area (Å²) in [6.45, 7) is 0. The first kappa shape index (κ1) is 11.1. The molecule has 0 aliphatic rings. The molecule has 2 aromatic carbocycles. The van der Waals surface area contributed by atoms with Crippen LogP contribution in [0, 0.1) is 11.8 Å². The second kappa shape index (κ2) is 5.07. The van der Waals surface area contributed by atoms with Gasteiger partial charge in [-0.1, -0.05) is 53.2 Å². The molecule has 0 heterocycles. The summed E-state index contributed by atoms with van der Waals surface area (Å²) < 4.78 is 0. The van der Waals surface area contributed by atoms with Gasteiger partial charge >= 0.3 is 0 Å². The van der Waals surface area contributed by atoms with Gasteiger partial charge in [0.05, 0.1) is 5.02 Å². The van der Waals surface area contributed by atoms with Crippen LogP contribution in [-0.4, -0.2) is 0 Å². The molecule has 0 aliphatic heterocycles. The van der Waals surface area contributed by atoms with Gasteiger partial charge in [-0.15, -0.1) is 0 Å². The molecule has 0 unspecified atom stereocenters. The predicted octanol–water partition coefficient (Wildman–Crippen LogP) is 4.39. The summed E-state index contributed by atoms with van der Waals surface area (Å²) in [5.74, 6) is 6.04. The van der Waals surface area contributed by atoms with Gasteiger partial charge in [-0.05, 0) is 30.3 Å². The standard InChI is InChI=1S/C14H8Cl2/c15-13-6-3-4-11(10-13)8-9-12-5-1-2-7-14(12)16/h1-7,10H. The summed E-state index contributed by atoms with van der Waals surface area (Å²) in [6.07, 6.45) is 0. The van der Waals surface area contributed by atoms with Crippen LogP contribution in [0.1, 0.15) is 11.1 Å². The summed E-state index contributed by atoms with van der Waals surface area (Å²) in [7, 11) is 0. The molecular formula is C14H8Cl2. The van der Waals surface area contributed by atoms with Crippen LogP contribution in [0.3, 0.4) is 0 Å². The first-order chi connectivity index (χ1) is 7.75. The molecule has 2 aromatic rings. The smallest absolute Gasteiger partial charge is 0.0562 e. The molecule has 0 bridgehead atoms. The Bertz CT molecular complexity index is 562. The Balaban J connectivity index is 2.32. The second-order valence-corrected chi connectivity index (χ2v) is 4.08. The van der Waals surface area contributed by atoms with Crippen LogP contribution in [0.4, 0.5) is 0 Å². The minimum Gasteiger partial charge on any atom is -0.0843 e. The molecular weight excluding hydrogens is 239 g/mol. The fourth-order valence-corrected chi connectivity index (χ4v) is 1.64. The van der Waals surface area contributed by atoms with Gasteiger partial charge in [0, 0.05) is 16.1 Å². The van der Waals surface area contributed by atoms with Crippen molar-refractivity contribution in [3.05, 3.63) is 69.7 Å². The molecule has 0 saturated heterocycles. The van der Waals surface area contributed by atoms with E-state index in [0.717, 1.165) is 11.1 Å². The van der Waals surface area contributed by atoms with Crippen molar-refractivity contribution in [1.82, 2.24) is 0 Å². The number of halogens is 2. The Labute approximate surface area is 105 Å². The van der Waals surface area contributed by atoms with E-state index in [9.17, 15) is 0 Å². The highest BCUT2D eigenvalue weighted by Crippen LogP contribution is 2.14. The van der Waals surface area contributed by atoms with Crippen molar-refractivity contribution in [3.63, 3.8) is 0 Å². The van der Waals surface area contributed by atoms with Crippen molar-refractivity contribution in [2.24, 2.45) is 0 Å². The van der Waals surface area contributed by atoms with Gasteiger partial charge in [-0.2, -0.15) is 0 Å². The lowest BCUT2D eigenvalue weighted by Gasteiger charge is -1.93. The minimum absolute atomic E-state index is 0.664. The van der Waals surface area contributed by atoms with Gasteiger partial charge in [0.2, 0.25) is 0 Å². The molecule has 0 aromatic heterocycles. The average molecular weight is 247 g/mol. The van der Waals surface area contributed by atoms with Gasteiger partial charge in [0.1, 0.15) is 0 Å². The maximum Gasteiger partial charge on any atom is 0.0562 e. The molecule has 0 amide bonds. The maximum absolute atomic E-state index is 5.99. The fourth-order valence-electron chi connectivity index (χ4n) is 1.27. The molecule has 0 N–H and O–H groups in total. The molecule has 0 fully saturated rings. The lowest BCUT2D eigenvalue weighted by molar-refractivity contribution is 1.62. The lowest BCUT2D eigenvalue weighted by atomic mass is 10.2. The second-order valence-electron chi connectivity index (χ2n) is 3.24. The summed E-state index contributed by atoms with van der Waals surface area (Å²) >= 11 is 11.9. The Morgan fingerprint density at radius 3 is 2.38 bits per heavy atom. The van der Waals surface area contributed by atoms with E-state index in [2.05, 4.69) is 11.8 Å². The number of hydrogen-bond acceptors (Lipinski definition) is 0. The highest BCUT2D eigenvalue weighted by molar-refractivity contribution is 6.31. The first-order valence-electron chi connectivity index (χ1n) is 4.78. The molecule has 0 nitrogen and oxygen atoms in total. The fraction of sp³-hybridized carbons (Fsp3) is 0. The molecule has 0 radical (unpaired) electrons. The van der Waals surface area contributed by atoms with E-state index in [1.807, 2.05) is 48.5 Å². The van der Waals surface area contributed by atoms with Crippen LogP contribution in [-0.2, 0) is 0 Å². The van der Waals surface area contributed by atoms with Gasteiger partial charge in [-0.25, -0.2) is 0 Å². The summed E-state index contributed by atoms with van der Waals surface area (Å²) in [5, 5.41) is 1.35. The third-order valence-electron chi connectivity index (χ3n) is 2.04. The normalized spacial score (nSPS) is 9.38. The largest absolute Gasteiger partial charge is 0.0843 e. The SMILES string of the molecule is Clc1cccc(C#Cc2ccccc2Cl)c1. The molecule has 0 aliphatic carbocycles. The molecule has 2 rings (SSSR count). The predicted molar refractivity (Wildman–Crippen MR) is 68.9 cm³/mol. The van der Waals surface area contributed by atoms with E-state index in [1.165, 1.54) is 0 Å². The summed E-state index contributed by atoms with van der Waals surface area (Å²) in [6, 6.07) is 14.9. The van der Waals surface area contributed by atoms with Crippen LogP contribution in [0.2, 0.25) is 10.0 Å². The first-order valence-corrected chi connectivity index (χ1v) is 5.53. The summed E-state index contributed by atoms with van der Waals surface area (Å²) in [5.41, 5.74) is 1.71. The van der Waals surface area contributed by atoms with Crippen molar-refractivity contribution in [2.45, 2.75) is 0 Å². The van der Waals surface area contributed by atoms with Crippen molar-refractivity contribution in [3.8, 4) is 11.8 Å². The van der Waals surface area contributed by atoms with E-state index in [0.29, 0.717) is 10.0 Å². The zero-order valence-corrected chi connectivity index (χ0v) is 9.89. The van der Waals surface area contributed by atoms with E-state index in [1.54, 1.807) is 0 Å². The molecule has 16 heavy (non-hydrogen) atoms. The number of benzene rings is 2. The van der Waals surface area contributed by atoms with Gasteiger partial charge in [-0.3, -0.25) is 0 Å². The third kappa shape index (κ3) is 2.79. The molecule has 0 saturated carbocycles. The van der Waals surface area contributed by atoms with Gasteiger partial charge in [0.15, 0.2) is 0 Å². The third-order valence-corrected chi connectivity index (χ3v) is 2.60. The van der Waals surface area contributed by atoms with E-state index >= 15 is 0 Å². The molecule has 0 atom stereocenters. The Morgan fingerprint density at radius 1 is 0.812 bits per heavy atom. The topological polar surface area (TPSA) is 0 Å².